The lowest BCUT2D eigenvalue weighted by Gasteiger charge is -2.09. The van der Waals surface area contributed by atoms with Gasteiger partial charge >= 0.3 is 7.82 Å². The Kier molecular flexibility index (Phi) is 6.85. The molecule has 0 saturated carbocycles. The molecular weight excluding hydrogens is 327 g/mol. The third kappa shape index (κ3) is 6.36. The standard InChI is InChI=1S/C18H23O5P/c1-2-3-4-5-14-22-17-10-6-15(7-11-17)16-8-12-18(13-9-16)23-24(19,20)21/h6-13H,2-5,14H2,1H3,(H2,19,20,21). The molecule has 0 amide bonds. The lowest BCUT2D eigenvalue weighted by molar-refractivity contribution is 0.283. The van der Waals surface area contributed by atoms with E-state index in [4.69, 9.17) is 14.5 Å². The van der Waals surface area contributed by atoms with Crippen LogP contribution in [0.4, 0.5) is 0 Å². The Morgan fingerprint density at radius 3 is 1.88 bits per heavy atom. The molecule has 2 aromatic rings. The van der Waals surface area contributed by atoms with Crippen molar-refractivity contribution >= 4 is 7.82 Å². The molecule has 0 spiro atoms. The minimum atomic E-state index is -4.52. The molecule has 0 saturated heterocycles. The van der Waals surface area contributed by atoms with E-state index in [-0.39, 0.29) is 5.75 Å². The van der Waals surface area contributed by atoms with Crippen molar-refractivity contribution in [2.45, 2.75) is 32.6 Å². The van der Waals surface area contributed by atoms with Gasteiger partial charge in [0.25, 0.3) is 0 Å². The average Bonchev–Trinajstić information content (AvgIpc) is 2.55. The first-order valence-electron chi connectivity index (χ1n) is 8.06. The zero-order valence-electron chi connectivity index (χ0n) is 13.7. The van der Waals surface area contributed by atoms with Crippen molar-refractivity contribution in [1.82, 2.24) is 0 Å². The minimum absolute atomic E-state index is 0.138. The Morgan fingerprint density at radius 2 is 1.38 bits per heavy atom. The van der Waals surface area contributed by atoms with Crippen LogP contribution in [0.5, 0.6) is 11.5 Å². The van der Waals surface area contributed by atoms with E-state index in [9.17, 15) is 4.57 Å². The van der Waals surface area contributed by atoms with E-state index in [0.29, 0.717) is 0 Å². The van der Waals surface area contributed by atoms with Crippen molar-refractivity contribution in [2.75, 3.05) is 6.61 Å². The molecule has 0 fully saturated rings. The third-order valence-electron chi connectivity index (χ3n) is 3.53. The highest BCUT2D eigenvalue weighted by Crippen LogP contribution is 2.38. The summed E-state index contributed by atoms with van der Waals surface area (Å²) < 4.78 is 21.0. The van der Waals surface area contributed by atoms with Crippen LogP contribution in [0.15, 0.2) is 48.5 Å². The van der Waals surface area contributed by atoms with Gasteiger partial charge in [-0.05, 0) is 41.8 Å². The Morgan fingerprint density at radius 1 is 0.833 bits per heavy atom. The molecule has 0 aliphatic carbocycles. The Hall–Kier alpha value is -1.81. The number of benzene rings is 2. The zero-order valence-corrected chi connectivity index (χ0v) is 14.6. The van der Waals surface area contributed by atoms with Crippen LogP contribution < -0.4 is 9.26 Å². The van der Waals surface area contributed by atoms with Crippen LogP contribution in [0, 0.1) is 0 Å². The molecule has 130 valence electrons. The van der Waals surface area contributed by atoms with Crippen molar-refractivity contribution < 1.29 is 23.6 Å². The quantitative estimate of drug-likeness (QED) is 0.502. The minimum Gasteiger partial charge on any atom is -0.494 e. The summed E-state index contributed by atoms with van der Waals surface area (Å²) in [7, 11) is -4.52. The van der Waals surface area contributed by atoms with Crippen molar-refractivity contribution in [3.8, 4) is 22.6 Å². The highest BCUT2D eigenvalue weighted by Gasteiger charge is 2.15. The van der Waals surface area contributed by atoms with Gasteiger partial charge < -0.3 is 9.26 Å². The highest BCUT2D eigenvalue weighted by molar-refractivity contribution is 7.46. The van der Waals surface area contributed by atoms with Crippen molar-refractivity contribution in [3.63, 3.8) is 0 Å². The molecule has 0 aliphatic rings. The summed E-state index contributed by atoms with van der Waals surface area (Å²) in [5.41, 5.74) is 1.93. The molecule has 0 heterocycles. The predicted molar refractivity (Wildman–Crippen MR) is 94.2 cm³/mol. The molecule has 2 aromatic carbocycles. The number of ether oxygens (including phenoxy) is 1. The molecule has 2 rings (SSSR count). The van der Waals surface area contributed by atoms with E-state index in [1.54, 1.807) is 12.1 Å². The van der Waals surface area contributed by atoms with Crippen molar-refractivity contribution in [1.29, 1.82) is 0 Å². The van der Waals surface area contributed by atoms with Gasteiger partial charge in [0.2, 0.25) is 0 Å². The van der Waals surface area contributed by atoms with Gasteiger partial charge in [0, 0.05) is 0 Å². The van der Waals surface area contributed by atoms with E-state index < -0.39 is 7.82 Å². The van der Waals surface area contributed by atoms with Crippen LogP contribution in [0.3, 0.4) is 0 Å². The van der Waals surface area contributed by atoms with Gasteiger partial charge in [-0.3, -0.25) is 9.79 Å². The van der Waals surface area contributed by atoms with Gasteiger partial charge in [-0.1, -0.05) is 50.5 Å². The predicted octanol–water partition coefficient (Wildman–Crippen LogP) is 4.78. The van der Waals surface area contributed by atoms with E-state index in [0.717, 1.165) is 29.9 Å². The molecule has 6 heteroatoms. The Bertz CT molecular complexity index is 661. The summed E-state index contributed by atoms with van der Waals surface area (Å²) >= 11 is 0. The maximum Gasteiger partial charge on any atom is 0.524 e. The van der Waals surface area contributed by atoms with Crippen molar-refractivity contribution in [3.05, 3.63) is 48.5 Å². The maximum atomic E-state index is 10.8. The van der Waals surface area contributed by atoms with Crippen molar-refractivity contribution in [2.24, 2.45) is 0 Å². The van der Waals surface area contributed by atoms with Crippen LogP contribution in [0.1, 0.15) is 32.6 Å². The fourth-order valence-electron chi connectivity index (χ4n) is 2.31. The number of hydrogen-bond acceptors (Lipinski definition) is 3. The van der Waals surface area contributed by atoms with E-state index >= 15 is 0 Å². The number of phosphoric ester groups is 1. The fourth-order valence-corrected chi connectivity index (χ4v) is 2.70. The summed E-state index contributed by atoms with van der Waals surface area (Å²) in [4.78, 5) is 17.6. The van der Waals surface area contributed by atoms with E-state index in [1.807, 2.05) is 24.3 Å². The van der Waals surface area contributed by atoms with Gasteiger partial charge in [-0.25, -0.2) is 4.57 Å². The van der Waals surface area contributed by atoms with Crippen LogP contribution in [-0.2, 0) is 4.57 Å². The molecule has 0 radical (unpaired) electrons. The average molecular weight is 350 g/mol. The zero-order chi connectivity index (χ0) is 17.4. The molecule has 5 nitrogen and oxygen atoms in total. The first-order valence-corrected chi connectivity index (χ1v) is 9.59. The Labute approximate surface area is 142 Å². The van der Waals surface area contributed by atoms with Crippen LogP contribution in [-0.4, -0.2) is 16.4 Å². The third-order valence-corrected chi connectivity index (χ3v) is 3.98. The van der Waals surface area contributed by atoms with Gasteiger partial charge in [-0.15, -0.1) is 0 Å². The smallest absolute Gasteiger partial charge is 0.494 e. The van der Waals surface area contributed by atoms with E-state index in [1.165, 1.54) is 31.4 Å². The van der Waals surface area contributed by atoms with E-state index in [2.05, 4.69) is 11.4 Å². The molecule has 0 atom stereocenters. The normalized spacial score (nSPS) is 11.3. The van der Waals surface area contributed by atoms with Gasteiger partial charge in [0.1, 0.15) is 11.5 Å². The molecule has 0 unspecified atom stereocenters. The fraction of sp³-hybridized carbons (Fsp3) is 0.333. The largest absolute Gasteiger partial charge is 0.524 e. The second-order valence-corrected chi connectivity index (χ2v) is 6.70. The lowest BCUT2D eigenvalue weighted by atomic mass is 10.1. The summed E-state index contributed by atoms with van der Waals surface area (Å²) in [6.07, 6.45) is 4.71. The number of rotatable bonds is 9. The van der Waals surface area contributed by atoms with Crippen LogP contribution >= 0.6 is 7.82 Å². The number of phosphoric acid groups is 1. The molecule has 0 aliphatic heterocycles. The Balaban J connectivity index is 1.91. The summed E-state index contributed by atoms with van der Waals surface area (Å²) in [5.74, 6) is 0.982. The van der Waals surface area contributed by atoms with Crippen LogP contribution in [0.2, 0.25) is 0 Å². The molecule has 0 aromatic heterocycles. The van der Waals surface area contributed by atoms with Gasteiger partial charge in [-0.2, -0.15) is 0 Å². The molecule has 24 heavy (non-hydrogen) atoms. The number of hydrogen-bond donors (Lipinski definition) is 2. The summed E-state index contributed by atoms with van der Waals surface area (Å²) in [6.45, 7) is 2.91. The highest BCUT2D eigenvalue weighted by atomic mass is 31.2. The van der Waals surface area contributed by atoms with Gasteiger partial charge in [0.15, 0.2) is 0 Å². The number of unbranched alkanes of at least 4 members (excludes halogenated alkanes) is 3. The second kappa shape index (κ2) is 8.88. The first-order chi connectivity index (χ1) is 11.5. The van der Waals surface area contributed by atoms with Crippen LogP contribution in [0.25, 0.3) is 11.1 Å². The summed E-state index contributed by atoms with van der Waals surface area (Å²) in [5, 5.41) is 0. The molecule has 2 N–H and O–H groups in total. The van der Waals surface area contributed by atoms with Gasteiger partial charge in [0.05, 0.1) is 6.61 Å². The molecular formula is C18H23O5P. The second-order valence-electron chi connectivity index (χ2n) is 5.54. The first kappa shape index (κ1) is 18.5. The monoisotopic (exact) mass is 350 g/mol. The SMILES string of the molecule is CCCCCCOc1ccc(-c2ccc(OP(=O)(O)O)cc2)cc1. The lowest BCUT2D eigenvalue weighted by Crippen LogP contribution is -1.96. The topological polar surface area (TPSA) is 76.0 Å². The summed E-state index contributed by atoms with van der Waals surface area (Å²) in [6, 6.07) is 14.3. The maximum absolute atomic E-state index is 10.8. The molecule has 0 bridgehead atoms.